The molecule has 0 aliphatic rings. The molecular formula is C22H20N2O4. The van der Waals surface area contributed by atoms with E-state index >= 15 is 0 Å². The summed E-state index contributed by atoms with van der Waals surface area (Å²) in [5, 5.41) is 12.0. The van der Waals surface area contributed by atoms with Gasteiger partial charge in [-0.3, -0.25) is 9.78 Å². The normalized spacial score (nSPS) is 11.4. The van der Waals surface area contributed by atoms with Crippen molar-refractivity contribution in [3.05, 3.63) is 95.8 Å². The van der Waals surface area contributed by atoms with Crippen molar-refractivity contribution in [1.82, 2.24) is 10.3 Å². The zero-order chi connectivity index (χ0) is 19.8. The van der Waals surface area contributed by atoms with E-state index in [-0.39, 0.29) is 13.0 Å². The number of nitrogens with zero attached hydrogens (tertiary/aromatic N) is 1. The zero-order valence-corrected chi connectivity index (χ0v) is 15.1. The van der Waals surface area contributed by atoms with Crippen LogP contribution in [0, 0.1) is 0 Å². The Morgan fingerprint density at radius 2 is 1.79 bits per heavy atom. The third-order valence-corrected chi connectivity index (χ3v) is 4.10. The molecule has 0 radical (unpaired) electrons. The number of carbonyl (C=O) groups is 2. The molecule has 1 amide bonds. The first-order valence-electron chi connectivity index (χ1n) is 8.82. The molecule has 0 spiro atoms. The molecule has 0 saturated heterocycles. The number of aliphatic carboxylic acids is 1. The standard InChI is InChI=1S/C22H20N2O4/c25-21(24-20(22(26)27)13-16-7-2-1-3-8-16)17-9-6-11-19(14-17)28-15-18-10-4-5-12-23-18/h1-12,14,20H,13,15H2,(H,24,25)(H,26,27). The van der Waals surface area contributed by atoms with Gasteiger partial charge in [-0.05, 0) is 35.9 Å². The van der Waals surface area contributed by atoms with Gasteiger partial charge in [0.1, 0.15) is 18.4 Å². The van der Waals surface area contributed by atoms with Crippen molar-refractivity contribution in [2.75, 3.05) is 0 Å². The van der Waals surface area contributed by atoms with Crippen molar-refractivity contribution < 1.29 is 19.4 Å². The number of rotatable bonds is 8. The lowest BCUT2D eigenvalue weighted by Crippen LogP contribution is -2.42. The molecule has 0 aliphatic heterocycles. The quantitative estimate of drug-likeness (QED) is 0.631. The minimum Gasteiger partial charge on any atom is -0.487 e. The molecule has 0 saturated carbocycles. The second kappa shape index (κ2) is 9.32. The molecule has 0 fully saturated rings. The fraction of sp³-hybridized carbons (Fsp3) is 0.136. The highest BCUT2D eigenvalue weighted by Gasteiger charge is 2.21. The van der Waals surface area contributed by atoms with Gasteiger partial charge in [0.2, 0.25) is 0 Å². The average molecular weight is 376 g/mol. The van der Waals surface area contributed by atoms with Crippen molar-refractivity contribution in [1.29, 1.82) is 0 Å². The Labute approximate surface area is 162 Å². The van der Waals surface area contributed by atoms with Crippen LogP contribution in [0.1, 0.15) is 21.6 Å². The zero-order valence-electron chi connectivity index (χ0n) is 15.1. The Kier molecular flexibility index (Phi) is 6.36. The highest BCUT2D eigenvalue weighted by molar-refractivity contribution is 5.97. The van der Waals surface area contributed by atoms with Crippen LogP contribution in [0.5, 0.6) is 5.75 Å². The Hall–Kier alpha value is -3.67. The van der Waals surface area contributed by atoms with E-state index in [1.54, 1.807) is 30.5 Å². The largest absolute Gasteiger partial charge is 0.487 e. The van der Waals surface area contributed by atoms with E-state index in [4.69, 9.17) is 4.74 Å². The van der Waals surface area contributed by atoms with Crippen LogP contribution in [0.2, 0.25) is 0 Å². The molecule has 0 bridgehead atoms. The van der Waals surface area contributed by atoms with Crippen molar-refractivity contribution >= 4 is 11.9 Å². The van der Waals surface area contributed by atoms with E-state index in [1.165, 1.54) is 0 Å². The number of nitrogens with one attached hydrogen (secondary N) is 1. The first-order valence-corrected chi connectivity index (χ1v) is 8.82. The molecule has 1 atom stereocenters. The molecular weight excluding hydrogens is 356 g/mol. The fourth-order valence-corrected chi connectivity index (χ4v) is 2.66. The number of carbonyl (C=O) groups excluding carboxylic acids is 1. The molecule has 3 aromatic rings. The predicted molar refractivity (Wildman–Crippen MR) is 104 cm³/mol. The maximum absolute atomic E-state index is 12.5. The van der Waals surface area contributed by atoms with Gasteiger partial charge in [-0.1, -0.05) is 42.5 Å². The van der Waals surface area contributed by atoms with Crippen LogP contribution in [-0.2, 0) is 17.8 Å². The SMILES string of the molecule is O=C(NC(Cc1ccccc1)C(=O)O)c1cccc(OCc2ccccn2)c1. The molecule has 1 unspecified atom stereocenters. The Morgan fingerprint density at radius 1 is 1.00 bits per heavy atom. The number of hydrogen-bond acceptors (Lipinski definition) is 4. The minimum absolute atomic E-state index is 0.206. The molecule has 6 nitrogen and oxygen atoms in total. The lowest BCUT2D eigenvalue weighted by Gasteiger charge is -2.15. The third kappa shape index (κ3) is 5.41. The number of carboxylic acids is 1. The van der Waals surface area contributed by atoms with Crippen LogP contribution in [0.15, 0.2) is 79.0 Å². The van der Waals surface area contributed by atoms with Crippen LogP contribution in [-0.4, -0.2) is 28.0 Å². The number of hydrogen-bond donors (Lipinski definition) is 2. The summed E-state index contributed by atoms with van der Waals surface area (Å²) in [5.41, 5.74) is 1.94. The molecule has 28 heavy (non-hydrogen) atoms. The second-order valence-electron chi connectivity index (χ2n) is 6.19. The van der Waals surface area contributed by atoms with Gasteiger partial charge in [0.05, 0.1) is 5.69 Å². The van der Waals surface area contributed by atoms with E-state index in [9.17, 15) is 14.7 Å². The number of benzene rings is 2. The van der Waals surface area contributed by atoms with E-state index in [0.29, 0.717) is 11.3 Å². The number of carboxylic acid groups (broad SMARTS) is 1. The molecule has 2 N–H and O–H groups in total. The van der Waals surface area contributed by atoms with Gasteiger partial charge < -0.3 is 15.2 Å². The fourth-order valence-electron chi connectivity index (χ4n) is 2.66. The Balaban J connectivity index is 1.64. The van der Waals surface area contributed by atoms with Crippen molar-refractivity contribution in [2.24, 2.45) is 0 Å². The van der Waals surface area contributed by atoms with Gasteiger partial charge >= 0.3 is 5.97 Å². The molecule has 1 aromatic heterocycles. The summed E-state index contributed by atoms with van der Waals surface area (Å²) >= 11 is 0. The number of pyridine rings is 1. The summed E-state index contributed by atoms with van der Waals surface area (Å²) in [6.45, 7) is 0.275. The van der Waals surface area contributed by atoms with Crippen molar-refractivity contribution in [3.8, 4) is 5.75 Å². The highest BCUT2D eigenvalue weighted by Crippen LogP contribution is 2.15. The molecule has 2 aromatic carbocycles. The van der Waals surface area contributed by atoms with Crippen LogP contribution >= 0.6 is 0 Å². The lowest BCUT2D eigenvalue weighted by atomic mass is 10.1. The Morgan fingerprint density at radius 3 is 2.50 bits per heavy atom. The third-order valence-electron chi connectivity index (χ3n) is 4.10. The molecule has 6 heteroatoms. The van der Waals surface area contributed by atoms with Crippen molar-refractivity contribution in [3.63, 3.8) is 0 Å². The first kappa shape index (κ1) is 19.1. The topological polar surface area (TPSA) is 88.5 Å². The van der Waals surface area contributed by atoms with Gasteiger partial charge in [0, 0.05) is 18.2 Å². The summed E-state index contributed by atoms with van der Waals surface area (Å²) in [5.74, 6) is -1.04. The molecule has 3 rings (SSSR count). The smallest absolute Gasteiger partial charge is 0.326 e. The van der Waals surface area contributed by atoms with Gasteiger partial charge in [0.25, 0.3) is 5.91 Å². The average Bonchev–Trinajstić information content (AvgIpc) is 2.73. The van der Waals surface area contributed by atoms with E-state index in [2.05, 4.69) is 10.3 Å². The number of amides is 1. The van der Waals surface area contributed by atoms with Crippen molar-refractivity contribution in [2.45, 2.75) is 19.1 Å². The molecule has 0 aliphatic carbocycles. The van der Waals surface area contributed by atoms with Crippen LogP contribution in [0.4, 0.5) is 0 Å². The van der Waals surface area contributed by atoms with Gasteiger partial charge in [-0.15, -0.1) is 0 Å². The lowest BCUT2D eigenvalue weighted by molar-refractivity contribution is -0.139. The monoisotopic (exact) mass is 376 g/mol. The minimum atomic E-state index is -1.08. The van der Waals surface area contributed by atoms with Gasteiger partial charge in [0.15, 0.2) is 0 Å². The van der Waals surface area contributed by atoms with E-state index in [1.807, 2.05) is 48.5 Å². The van der Waals surface area contributed by atoms with Gasteiger partial charge in [-0.25, -0.2) is 4.79 Å². The summed E-state index contributed by atoms with van der Waals surface area (Å²) in [4.78, 5) is 28.3. The summed E-state index contributed by atoms with van der Waals surface area (Å²) in [6.07, 6.45) is 1.89. The molecule has 142 valence electrons. The number of aromatic nitrogens is 1. The van der Waals surface area contributed by atoms with Crippen LogP contribution < -0.4 is 10.1 Å². The van der Waals surface area contributed by atoms with Crippen LogP contribution in [0.25, 0.3) is 0 Å². The summed E-state index contributed by atoms with van der Waals surface area (Å²) < 4.78 is 5.67. The predicted octanol–water partition coefficient (Wildman–Crippen LogP) is 3.09. The molecule has 1 heterocycles. The maximum Gasteiger partial charge on any atom is 0.326 e. The number of ether oxygens (including phenoxy) is 1. The van der Waals surface area contributed by atoms with Crippen LogP contribution in [0.3, 0.4) is 0 Å². The highest BCUT2D eigenvalue weighted by atomic mass is 16.5. The second-order valence-corrected chi connectivity index (χ2v) is 6.19. The Bertz CT molecular complexity index is 930. The summed E-state index contributed by atoms with van der Waals surface area (Å²) in [7, 11) is 0. The maximum atomic E-state index is 12.5. The van der Waals surface area contributed by atoms with E-state index in [0.717, 1.165) is 11.3 Å². The van der Waals surface area contributed by atoms with Gasteiger partial charge in [-0.2, -0.15) is 0 Å². The first-order chi connectivity index (χ1) is 13.6. The van der Waals surface area contributed by atoms with E-state index < -0.39 is 17.9 Å². The summed E-state index contributed by atoms with van der Waals surface area (Å²) in [6, 6.07) is 20.3.